The Labute approximate surface area is 126 Å². The molecule has 0 saturated carbocycles. The number of hydrogen-bond donors (Lipinski definition) is 2. The molecule has 0 aliphatic heterocycles. The molecule has 2 rings (SSSR count). The van der Waals surface area contributed by atoms with Crippen LogP contribution in [0.25, 0.3) is 0 Å². The van der Waals surface area contributed by atoms with Crippen molar-refractivity contribution in [3.8, 4) is 5.75 Å². The van der Waals surface area contributed by atoms with Gasteiger partial charge in [0.2, 0.25) is 5.82 Å². The lowest BCUT2D eigenvalue weighted by atomic mass is 10.2. The van der Waals surface area contributed by atoms with Gasteiger partial charge in [0.15, 0.2) is 5.16 Å². The van der Waals surface area contributed by atoms with Gasteiger partial charge in [-0.25, -0.2) is 5.84 Å². The molecule has 21 heavy (non-hydrogen) atoms. The minimum atomic E-state index is -0.312. The van der Waals surface area contributed by atoms with E-state index in [2.05, 4.69) is 15.6 Å². The quantitative estimate of drug-likeness (QED) is 0.469. The van der Waals surface area contributed by atoms with Crippen molar-refractivity contribution in [1.29, 1.82) is 0 Å². The number of nitrogen functional groups attached to an aromatic ring is 1. The van der Waals surface area contributed by atoms with Crippen LogP contribution in [-0.2, 0) is 12.8 Å². The van der Waals surface area contributed by atoms with E-state index >= 15 is 0 Å². The van der Waals surface area contributed by atoms with Crippen LogP contribution in [0.5, 0.6) is 5.75 Å². The Kier molecular flexibility index (Phi) is 5.18. The number of ether oxygens (including phenoxy) is 1. The van der Waals surface area contributed by atoms with Gasteiger partial charge in [-0.2, -0.15) is 0 Å². The lowest BCUT2D eigenvalue weighted by Gasteiger charge is -2.10. The number of hydrazine groups is 1. The Morgan fingerprint density at radius 1 is 1.38 bits per heavy atom. The van der Waals surface area contributed by atoms with E-state index in [1.165, 1.54) is 16.3 Å². The second-order valence-corrected chi connectivity index (χ2v) is 5.11. The van der Waals surface area contributed by atoms with Crippen molar-refractivity contribution in [3.63, 3.8) is 0 Å². The molecule has 1 aromatic heterocycles. The largest absolute Gasteiger partial charge is 0.494 e. The molecule has 8 heteroatoms. The van der Waals surface area contributed by atoms with E-state index in [-0.39, 0.29) is 11.4 Å². The van der Waals surface area contributed by atoms with E-state index in [1.807, 2.05) is 31.2 Å². The molecule has 0 saturated heterocycles. The summed E-state index contributed by atoms with van der Waals surface area (Å²) in [6, 6.07) is 7.78. The van der Waals surface area contributed by atoms with E-state index in [0.29, 0.717) is 17.5 Å². The average Bonchev–Trinajstić information content (AvgIpc) is 2.50. The Morgan fingerprint density at radius 3 is 2.86 bits per heavy atom. The number of nitrogens with zero attached hydrogens (tertiary/aromatic N) is 3. The van der Waals surface area contributed by atoms with Gasteiger partial charge < -0.3 is 10.2 Å². The fourth-order valence-corrected chi connectivity index (χ4v) is 2.62. The number of rotatable bonds is 6. The first-order chi connectivity index (χ1) is 10.2. The number of anilines is 1. The number of thioether (sulfide) groups is 1. The van der Waals surface area contributed by atoms with Crippen molar-refractivity contribution in [3.05, 3.63) is 40.2 Å². The van der Waals surface area contributed by atoms with Crippen LogP contribution in [0.2, 0.25) is 0 Å². The second-order valence-electron chi connectivity index (χ2n) is 4.17. The van der Waals surface area contributed by atoms with Gasteiger partial charge in [-0.3, -0.25) is 9.36 Å². The number of nitrogens with two attached hydrogens (primary N) is 1. The van der Waals surface area contributed by atoms with E-state index in [4.69, 9.17) is 10.6 Å². The Bertz CT molecular complexity index is 674. The zero-order valence-electron chi connectivity index (χ0n) is 11.9. The van der Waals surface area contributed by atoms with Crippen LogP contribution in [-0.4, -0.2) is 21.4 Å². The highest BCUT2D eigenvalue weighted by Gasteiger charge is 2.10. The maximum Gasteiger partial charge on any atom is 0.298 e. The third-order valence-electron chi connectivity index (χ3n) is 2.80. The van der Waals surface area contributed by atoms with Crippen molar-refractivity contribution in [1.82, 2.24) is 14.8 Å². The summed E-state index contributed by atoms with van der Waals surface area (Å²) in [6.45, 7) is 2.55. The Hall–Kier alpha value is -2.06. The normalized spacial score (nSPS) is 10.4. The van der Waals surface area contributed by atoms with Crippen molar-refractivity contribution < 1.29 is 4.74 Å². The highest BCUT2D eigenvalue weighted by molar-refractivity contribution is 7.98. The van der Waals surface area contributed by atoms with Crippen molar-refractivity contribution in [2.24, 2.45) is 12.9 Å². The molecular formula is C13H17N5O2S. The van der Waals surface area contributed by atoms with E-state index in [1.54, 1.807) is 7.05 Å². The first-order valence-electron chi connectivity index (χ1n) is 6.41. The lowest BCUT2D eigenvalue weighted by Crippen LogP contribution is -2.27. The van der Waals surface area contributed by atoms with Gasteiger partial charge in [0.25, 0.3) is 5.56 Å². The summed E-state index contributed by atoms with van der Waals surface area (Å²) >= 11 is 1.41. The van der Waals surface area contributed by atoms with E-state index in [9.17, 15) is 4.79 Å². The zero-order chi connectivity index (χ0) is 15.2. The maximum atomic E-state index is 11.9. The van der Waals surface area contributed by atoms with Crippen LogP contribution in [0, 0.1) is 0 Å². The van der Waals surface area contributed by atoms with Gasteiger partial charge in [-0.05, 0) is 13.0 Å². The molecule has 0 unspecified atom stereocenters. The third kappa shape index (κ3) is 3.53. The smallest absolute Gasteiger partial charge is 0.298 e. The molecule has 0 spiro atoms. The predicted molar refractivity (Wildman–Crippen MR) is 82.3 cm³/mol. The molecule has 1 aromatic carbocycles. The molecule has 3 N–H and O–H groups in total. The predicted octanol–water partition coefficient (Wildman–Crippen LogP) is 1.15. The first-order valence-corrected chi connectivity index (χ1v) is 7.39. The third-order valence-corrected chi connectivity index (χ3v) is 3.86. The number of nitrogens with one attached hydrogen (secondary N) is 1. The Morgan fingerprint density at radius 2 is 2.14 bits per heavy atom. The van der Waals surface area contributed by atoms with Crippen LogP contribution < -0.4 is 21.6 Å². The van der Waals surface area contributed by atoms with Crippen LogP contribution in [0.4, 0.5) is 5.82 Å². The fraction of sp³-hybridized carbons (Fsp3) is 0.308. The zero-order valence-corrected chi connectivity index (χ0v) is 12.7. The number of benzene rings is 1. The molecular weight excluding hydrogens is 290 g/mol. The number of hydrogen-bond acceptors (Lipinski definition) is 7. The van der Waals surface area contributed by atoms with E-state index in [0.717, 1.165) is 11.3 Å². The molecule has 7 nitrogen and oxygen atoms in total. The summed E-state index contributed by atoms with van der Waals surface area (Å²) in [7, 11) is 1.63. The average molecular weight is 307 g/mol. The summed E-state index contributed by atoms with van der Waals surface area (Å²) in [4.78, 5) is 11.9. The monoisotopic (exact) mass is 307 g/mol. The molecule has 1 heterocycles. The van der Waals surface area contributed by atoms with Crippen molar-refractivity contribution in [2.45, 2.75) is 17.8 Å². The minimum Gasteiger partial charge on any atom is -0.494 e. The molecule has 112 valence electrons. The van der Waals surface area contributed by atoms with Gasteiger partial charge in [0.05, 0.1) is 6.61 Å². The van der Waals surface area contributed by atoms with Crippen molar-refractivity contribution in [2.75, 3.05) is 12.0 Å². The van der Waals surface area contributed by atoms with Gasteiger partial charge in [0, 0.05) is 18.4 Å². The molecule has 0 amide bonds. The van der Waals surface area contributed by atoms with Crippen LogP contribution in [0.15, 0.2) is 34.2 Å². The first kappa shape index (κ1) is 15.3. The number of para-hydroxylation sites is 1. The second kappa shape index (κ2) is 7.09. The summed E-state index contributed by atoms with van der Waals surface area (Å²) in [5.41, 5.74) is 2.96. The molecule has 0 atom stereocenters. The van der Waals surface area contributed by atoms with Gasteiger partial charge in [-0.15, -0.1) is 10.2 Å². The number of aromatic nitrogens is 3. The molecule has 2 aromatic rings. The summed E-state index contributed by atoms with van der Waals surface area (Å²) in [6.07, 6.45) is 0. The van der Waals surface area contributed by atoms with E-state index < -0.39 is 0 Å². The van der Waals surface area contributed by atoms with Crippen molar-refractivity contribution >= 4 is 17.6 Å². The van der Waals surface area contributed by atoms with Crippen LogP contribution in [0.1, 0.15) is 12.5 Å². The van der Waals surface area contributed by atoms with Crippen LogP contribution in [0.3, 0.4) is 0 Å². The van der Waals surface area contributed by atoms with Gasteiger partial charge >= 0.3 is 0 Å². The molecule has 0 fully saturated rings. The Balaban J connectivity index is 2.17. The molecule has 0 bridgehead atoms. The van der Waals surface area contributed by atoms with Gasteiger partial charge in [-0.1, -0.05) is 30.0 Å². The summed E-state index contributed by atoms with van der Waals surface area (Å²) in [5.74, 6) is 6.69. The molecule has 0 aliphatic carbocycles. The summed E-state index contributed by atoms with van der Waals surface area (Å²) in [5, 5.41) is 8.27. The fourth-order valence-electron chi connectivity index (χ4n) is 1.73. The minimum absolute atomic E-state index is 0.0246. The van der Waals surface area contributed by atoms with Crippen LogP contribution >= 0.6 is 11.8 Å². The standard InChI is InChI=1S/C13H17N5O2S/c1-3-20-10-7-5-4-6-9(10)8-21-13-17-16-11(15-14)12(19)18(13)2/h4-7H,3,8,14H2,1-2H3,(H,15,16). The highest BCUT2D eigenvalue weighted by Crippen LogP contribution is 2.26. The molecule has 0 aliphatic rings. The van der Waals surface area contributed by atoms with Gasteiger partial charge in [0.1, 0.15) is 5.75 Å². The highest BCUT2D eigenvalue weighted by atomic mass is 32.2. The molecule has 0 radical (unpaired) electrons. The SMILES string of the molecule is CCOc1ccccc1CSc1nnc(NN)c(=O)n1C. The lowest BCUT2D eigenvalue weighted by molar-refractivity contribution is 0.337. The topological polar surface area (TPSA) is 95.1 Å². The maximum absolute atomic E-state index is 11.9. The summed E-state index contributed by atoms with van der Waals surface area (Å²) < 4.78 is 6.98.